The predicted molar refractivity (Wildman–Crippen MR) is 94.8 cm³/mol. The number of hydrogen-bond donors (Lipinski definition) is 1. The van der Waals surface area contributed by atoms with Gasteiger partial charge in [-0.25, -0.2) is 0 Å². The first-order valence-corrected chi connectivity index (χ1v) is 9.40. The van der Waals surface area contributed by atoms with Crippen molar-refractivity contribution in [2.24, 2.45) is 5.92 Å². The molecule has 4 rings (SSSR count). The van der Waals surface area contributed by atoms with E-state index in [2.05, 4.69) is 0 Å². The number of amides is 2. The van der Waals surface area contributed by atoms with Crippen LogP contribution < -0.4 is 0 Å². The number of carbonyl (C=O) groups is 2. The molecular weight excluding hydrogens is 332 g/mol. The molecule has 2 amide bonds. The summed E-state index contributed by atoms with van der Waals surface area (Å²) >= 11 is 0. The Bertz CT molecular complexity index is 737. The second kappa shape index (κ2) is 5.79. The molecule has 0 aliphatic carbocycles. The Balaban J connectivity index is 1.78. The SMILES string of the molecule is CC(C)C1(C)OC2(O)C3CCCN3C(=O)C(Cc3ccccc3)N2C1=O. The highest BCUT2D eigenvalue weighted by molar-refractivity contribution is 5.95. The van der Waals surface area contributed by atoms with Gasteiger partial charge in [0.25, 0.3) is 11.8 Å². The zero-order valence-electron chi connectivity index (χ0n) is 15.5. The fourth-order valence-corrected chi connectivity index (χ4v) is 4.49. The molecule has 0 radical (unpaired) electrons. The highest BCUT2D eigenvalue weighted by atomic mass is 16.7. The number of ether oxygens (including phenoxy) is 1. The molecule has 3 heterocycles. The van der Waals surface area contributed by atoms with Gasteiger partial charge in [-0.3, -0.25) is 14.5 Å². The van der Waals surface area contributed by atoms with Gasteiger partial charge in [0, 0.05) is 13.0 Å². The van der Waals surface area contributed by atoms with Crippen molar-refractivity contribution >= 4 is 11.8 Å². The molecule has 0 spiro atoms. The molecule has 0 bridgehead atoms. The summed E-state index contributed by atoms with van der Waals surface area (Å²) in [6.45, 7) is 6.13. The van der Waals surface area contributed by atoms with Crippen LogP contribution in [-0.4, -0.2) is 56.9 Å². The van der Waals surface area contributed by atoms with Crippen molar-refractivity contribution in [1.82, 2.24) is 9.80 Å². The van der Waals surface area contributed by atoms with Crippen LogP contribution in [0, 0.1) is 5.92 Å². The predicted octanol–water partition coefficient (Wildman–Crippen LogP) is 1.52. The highest BCUT2D eigenvalue weighted by Crippen LogP contribution is 2.48. The second-order valence-electron chi connectivity index (χ2n) is 8.09. The van der Waals surface area contributed by atoms with E-state index in [0.717, 1.165) is 12.0 Å². The summed E-state index contributed by atoms with van der Waals surface area (Å²) in [6.07, 6.45) is 1.81. The van der Waals surface area contributed by atoms with Crippen molar-refractivity contribution in [3.05, 3.63) is 35.9 Å². The van der Waals surface area contributed by atoms with Gasteiger partial charge in [-0.15, -0.1) is 0 Å². The molecule has 140 valence electrons. The van der Waals surface area contributed by atoms with E-state index >= 15 is 0 Å². The Kier molecular flexibility index (Phi) is 3.90. The topological polar surface area (TPSA) is 70.1 Å². The van der Waals surface area contributed by atoms with Gasteiger partial charge in [0.05, 0.1) is 0 Å². The first-order chi connectivity index (χ1) is 12.3. The normalized spacial score (nSPS) is 36.7. The van der Waals surface area contributed by atoms with E-state index in [9.17, 15) is 14.7 Å². The summed E-state index contributed by atoms with van der Waals surface area (Å²) in [6, 6.07) is 8.37. The summed E-state index contributed by atoms with van der Waals surface area (Å²) in [5.74, 6) is -2.26. The van der Waals surface area contributed by atoms with E-state index in [4.69, 9.17) is 4.74 Å². The Labute approximate surface area is 153 Å². The number of rotatable bonds is 3. The quantitative estimate of drug-likeness (QED) is 0.889. The third kappa shape index (κ3) is 2.25. The zero-order chi connectivity index (χ0) is 18.7. The van der Waals surface area contributed by atoms with Crippen LogP contribution in [0.1, 0.15) is 39.2 Å². The van der Waals surface area contributed by atoms with Crippen molar-refractivity contribution in [3.63, 3.8) is 0 Å². The Morgan fingerprint density at radius 2 is 1.96 bits per heavy atom. The summed E-state index contributed by atoms with van der Waals surface area (Å²) in [7, 11) is 0. The zero-order valence-corrected chi connectivity index (χ0v) is 15.5. The molecule has 6 heteroatoms. The van der Waals surface area contributed by atoms with Crippen molar-refractivity contribution in [2.75, 3.05) is 6.54 Å². The lowest BCUT2D eigenvalue weighted by Gasteiger charge is -2.49. The molecule has 0 aromatic heterocycles. The number of piperazine rings is 1. The van der Waals surface area contributed by atoms with E-state index < -0.39 is 23.6 Å². The van der Waals surface area contributed by atoms with Gasteiger partial charge >= 0.3 is 0 Å². The molecule has 4 unspecified atom stereocenters. The molecule has 3 aliphatic heterocycles. The van der Waals surface area contributed by atoms with Crippen LogP contribution in [0.2, 0.25) is 0 Å². The molecule has 26 heavy (non-hydrogen) atoms. The van der Waals surface area contributed by atoms with Crippen LogP contribution in [0.5, 0.6) is 0 Å². The average Bonchev–Trinajstić information content (AvgIpc) is 3.17. The third-order valence-electron chi connectivity index (χ3n) is 6.29. The summed E-state index contributed by atoms with van der Waals surface area (Å²) in [5.41, 5.74) is -0.181. The van der Waals surface area contributed by atoms with Gasteiger partial charge in [0.2, 0.25) is 5.91 Å². The lowest BCUT2D eigenvalue weighted by Crippen LogP contribution is -2.71. The molecule has 6 nitrogen and oxygen atoms in total. The van der Waals surface area contributed by atoms with Crippen molar-refractivity contribution < 1.29 is 19.4 Å². The summed E-state index contributed by atoms with van der Waals surface area (Å²) < 4.78 is 6.08. The Morgan fingerprint density at radius 3 is 2.62 bits per heavy atom. The lowest BCUT2D eigenvalue weighted by molar-refractivity contribution is -0.316. The standard InChI is InChI=1S/C20H26N2O4/c1-13(2)19(3)18(24)22-15(12-14-8-5-4-6-9-14)17(23)21-11-7-10-16(21)20(22,25)26-19/h4-6,8-9,13,15-16,25H,7,10-12H2,1-3H3. The number of nitrogens with zero attached hydrogens (tertiary/aromatic N) is 2. The smallest absolute Gasteiger partial charge is 0.274 e. The number of hydrogen-bond acceptors (Lipinski definition) is 4. The third-order valence-corrected chi connectivity index (χ3v) is 6.29. The molecule has 4 atom stereocenters. The largest absolute Gasteiger partial charge is 0.347 e. The monoisotopic (exact) mass is 358 g/mol. The number of aliphatic hydroxyl groups is 1. The minimum Gasteiger partial charge on any atom is -0.347 e. The van der Waals surface area contributed by atoms with Gasteiger partial charge < -0.3 is 14.7 Å². The fraction of sp³-hybridized carbons (Fsp3) is 0.600. The Hall–Kier alpha value is -1.92. The minimum atomic E-state index is -1.75. The van der Waals surface area contributed by atoms with E-state index in [0.29, 0.717) is 19.4 Å². The molecule has 1 N–H and O–H groups in total. The van der Waals surface area contributed by atoms with Crippen molar-refractivity contribution in [1.29, 1.82) is 0 Å². The van der Waals surface area contributed by atoms with Crippen molar-refractivity contribution in [2.45, 2.75) is 63.6 Å². The molecule has 1 aromatic carbocycles. The maximum Gasteiger partial charge on any atom is 0.274 e. The molecule has 3 fully saturated rings. The Morgan fingerprint density at radius 1 is 1.27 bits per heavy atom. The molecule has 3 saturated heterocycles. The summed E-state index contributed by atoms with van der Waals surface area (Å²) in [4.78, 5) is 29.6. The van der Waals surface area contributed by atoms with Gasteiger partial charge in [0.1, 0.15) is 12.1 Å². The van der Waals surface area contributed by atoms with Gasteiger partial charge in [-0.1, -0.05) is 44.2 Å². The van der Waals surface area contributed by atoms with E-state index in [1.54, 1.807) is 11.8 Å². The van der Waals surface area contributed by atoms with E-state index in [1.807, 2.05) is 44.2 Å². The first-order valence-electron chi connectivity index (χ1n) is 9.40. The van der Waals surface area contributed by atoms with E-state index in [-0.39, 0.29) is 17.7 Å². The van der Waals surface area contributed by atoms with Gasteiger partial charge in [-0.05, 0) is 31.2 Å². The molecular formula is C20H26N2O4. The van der Waals surface area contributed by atoms with Gasteiger partial charge in [-0.2, -0.15) is 0 Å². The number of fused-ring (bicyclic) bond motifs is 3. The molecule has 0 saturated carbocycles. The minimum absolute atomic E-state index is 0.0917. The molecule has 1 aromatic rings. The second-order valence-corrected chi connectivity index (χ2v) is 8.09. The van der Waals surface area contributed by atoms with Crippen LogP contribution >= 0.6 is 0 Å². The van der Waals surface area contributed by atoms with Crippen LogP contribution in [0.25, 0.3) is 0 Å². The van der Waals surface area contributed by atoms with Gasteiger partial charge in [0.15, 0.2) is 5.60 Å². The summed E-state index contributed by atoms with van der Waals surface area (Å²) in [5, 5.41) is 11.5. The molecule has 3 aliphatic rings. The van der Waals surface area contributed by atoms with Crippen LogP contribution in [-0.2, 0) is 20.7 Å². The average molecular weight is 358 g/mol. The highest BCUT2D eigenvalue weighted by Gasteiger charge is 2.69. The van der Waals surface area contributed by atoms with E-state index in [1.165, 1.54) is 4.90 Å². The van der Waals surface area contributed by atoms with Crippen molar-refractivity contribution in [3.8, 4) is 0 Å². The lowest BCUT2D eigenvalue weighted by atomic mass is 9.90. The maximum absolute atomic E-state index is 13.3. The maximum atomic E-state index is 13.3. The number of benzene rings is 1. The number of carbonyl (C=O) groups excluding carboxylic acids is 2. The first kappa shape index (κ1) is 17.5. The van der Waals surface area contributed by atoms with Crippen LogP contribution in [0.15, 0.2) is 30.3 Å². The van der Waals surface area contributed by atoms with Crippen LogP contribution in [0.3, 0.4) is 0 Å². The fourth-order valence-electron chi connectivity index (χ4n) is 4.49. The van der Waals surface area contributed by atoms with Crippen LogP contribution in [0.4, 0.5) is 0 Å².